The van der Waals surface area contributed by atoms with Crippen molar-refractivity contribution in [3.05, 3.63) is 218 Å². The van der Waals surface area contributed by atoms with Crippen LogP contribution < -0.4 is 39.5 Å². The maximum atomic E-state index is 13.0. The molecule has 72 heavy (non-hydrogen) atoms. The van der Waals surface area contributed by atoms with E-state index < -0.39 is 74.7 Å². The second-order valence-electron chi connectivity index (χ2n) is 14.5. The first-order valence-electron chi connectivity index (χ1n) is 21.7. The number of benzene rings is 4. The van der Waals surface area contributed by atoms with Crippen molar-refractivity contribution < 1.29 is 46.5 Å². The van der Waals surface area contributed by atoms with Crippen LogP contribution in [-0.4, -0.2) is 63.6 Å². The minimum absolute atomic E-state index is 0.0416. The fourth-order valence-corrected chi connectivity index (χ4v) is 6.29. The number of esters is 2. The third-order valence-electron chi connectivity index (χ3n) is 9.86. The van der Waals surface area contributed by atoms with Crippen LogP contribution in [0.2, 0.25) is 0 Å². The lowest BCUT2D eigenvalue weighted by Gasteiger charge is -2.11. The minimum atomic E-state index is -1.42. The summed E-state index contributed by atoms with van der Waals surface area (Å²) in [5.74, 6) is -4.70. The molecule has 0 fully saturated rings. The van der Waals surface area contributed by atoms with E-state index in [4.69, 9.17) is 20.3 Å². The second-order valence-corrected chi connectivity index (χ2v) is 14.5. The van der Waals surface area contributed by atoms with Gasteiger partial charge in [-0.25, -0.2) is 50.9 Å². The molecule has 3 N–H and O–H groups in total. The van der Waals surface area contributed by atoms with E-state index >= 15 is 0 Å². The van der Waals surface area contributed by atoms with Gasteiger partial charge in [0, 0.05) is 43.9 Å². The maximum absolute atomic E-state index is 13.0. The Kier molecular flexibility index (Phi) is 19.6. The Morgan fingerprint density at radius 1 is 0.472 bits per heavy atom. The van der Waals surface area contributed by atoms with Crippen molar-refractivity contribution >= 4 is 23.6 Å². The van der Waals surface area contributed by atoms with Crippen LogP contribution in [0.1, 0.15) is 65.7 Å². The molecule has 0 unspecified atom stereocenters. The number of ether oxygens (including phenoxy) is 2. The quantitative estimate of drug-likeness (QED) is 0.0993. The number of hydrogen-bond donors (Lipinski definition) is 2. The van der Waals surface area contributed by atoms with Crippen LogP contribution in [0.4, 0.5) is 23.2 Å². The van der Waals surface area contributed by atoms with E-state index in [1.54, 1.807) is 34.6 Å². The molecule has 378 valence electrons. The van der Waals surface area contributed by atoms with Crippen LogP contribution in [0.15, 0.2) is 144 Å². The standard InChI is InChI=1S/2C15H15FN2O4.C13H11FN2O4.C6H6FN/c1-3-17-13(19)12(14(20)22-4-2)9-18(15(17)21)11-7-5-10(16)6-8-11;1-3-17-9-12(14(20)22-4-2)13(19)18(15(17)21)11-7-5-10(16)6-8-11;1-2-15-11(17)10(12(18)19)7-16(13(15)20)9-5-3-8(14)4-6-9;7-5-1-3-6(8)4-2-5/h2*5-9H,3-4H2,1-2H3;3-7H,2H2,1H3,(H,18,19);1-4H,8H2. The molecule has 4 aromatic carbocycles. The molecule has 0 atom stereocenters. The SMILES string of the molecule is CCOC(=O)c1cn(-c2ccc(F)cc2)c(=O)n(CC)c1=O.CCOC(=O)c1cn(CC)c(=O)n(-c2ccc(F)cc2)c1=O.CCn1c(=O)c(C(=O)O)cn(-c2ccc(F)cc2)c1=O.Nc1ccc(F)cc1. The molecule has 0 aliphatic rings. The van der Waals surface area contributed by atoms with Crippen LogP contribution in [0, 0.1) is 23.3 Å². The monoisotopic (exact) mass is 1000 g/mol. The predicted octanol–water partition coefficient (Wildman–Crippen LogP) is 4.93. The Labute approximate surface area is 405 Å². The van der Waals surface area contributed by atoms with Gasteiger partial charge in [-0.15, -0.1) is 0 Å². The Hall–Kier alpha value is -9.15. The first kappa shape index (κ1) is 55.4. The summed E-state index contributed by atoms with van der Waals surface area (Å²) in [6.07, 6.45) is 3.26. The first-order valence-corrected chi connectivity index (χ1v) is 21.7. The van der Waals surface area contributed by atoms with Gasteiger partial charge in [0.15, 0.2) is 0 Å². The lowest BCUT2D eigenvalue weighted by molar-refractivity contribution is 0.0512. The molecular weight excluding hydrogens is 955 g/mol. The number of anilines is 1. The van der Waals surface area contributed by atoms with E-state index in [-0.39, 0.29) is 61.2 Å². The average Bonchev–Trinajstić information content (AvgIpc) is 3.35. The topological polar surface area (TPSA) is 248 Å². The number of rotatable bonds is 11. The van der Waals surface area contributed by atoms with E-state index in [9.17, 15) is 60.7 Å². The van der Waals surface area contributed by atoms with Crippen LogP contribution in [0.3, 0.4) is 0 Å². The van der Waals surface area contributed by atoms with E-state index in [1.807, 2.05) is 0 Å². The maximum Gasteiger partial charge on any atom is 0.345 e. The van der Waals surface area contributed by atoms with Crippen LogP contribution in [0.25, 0.3) is 17.1 Å². The summed E-state index contributed by atoms with van der Waals surface area (Å²) in [6, 6.07) is 20.7. The number of carbonyl (C=O) groups excluding carboxylic acids is 2. The molecule has 0 spiro atoms. The van der Waals surface area contributed by atoms with E-state index in [2.05, 4.69) is 0 Å². The molecule has 0 saturated carbocycles. The van der Waals surface area contributed by atoms with Gasteiger partial charge in [-0.1, -0.05) is 0 Å². The van der Waals surface area contributed by atoms with Crippen LogP contribution in [0.5, 0.6) is 0 Å². The molecule has 0 aliphatic heterocycles. The molecule has 23 heteroatoms. The lowest BCUT2D eigenvalue weighted by Crippen LogP contribution is -2.41. The summed E-state index contributed by atoms with van der Waals surface area (Å²) in [5, 5.41) is 9.00. The highest BCUT2D eigenvalue weighted by molar-refractivity contribution is 5.89. The number of carboxylic acid groups (broad SMARTS) is 1. The summed E-state index contributed by atoms with van der Waals surface area (Å²) < 4.78 is 66.5. The van der Waals surface area contributed by atoms with Gasteiger partial charge in [0.05, 0.1) is 30.3 Å². The summed E-state index contributed by atoms with van der Waals surface area (Å²) in [6.45, 7) is 8.75. The molecule has 0 radical (unpaired) electrons. The Morgan fingerprint density at radius 2 is 0.819 bits per heavy atom. The van der Waals surface area contributed by atoms with E-state index in [0.29, 0.717) is 11.4 Å². The number of aromatic carboxylic acids is 1. The Bertz CT molecular complexity index is 3380. The van der Waals surface area contributed by atoms with Crippen molar-refractivity contribution in [1.29, 1.82) is 0 Å². The lowest BCUT2D eigenvalue weighted by atomic mass is 10.3. The highest BCUT2D eigenvalue weighted by Gasteiger charge is 2.21. The molecule has 0 aliphatic carbocycles. The summed E-state index contributed by atoms with van der Waals surface area (Å²) in [5.41, 5.74) is 1.42. The zero-order chi connectivity index (χ0) is 53.4. The van der Waals surface area contributed by atoms with Crippen molar-refractivity contribution in [1.82, 2.24) is 27.4 Å². The fourth-order valence-electron chi connectivity index (χ4n) is 6.29. The third kappa shape index (κ3) is 13.5. The van der Waals surface area contributed by atoms with Gasteiger partial charge in [0.2, 0.25) is 0 Å². The summed E-state index contributed by atoms with van der Waals surface area (Å²) in [7, 11) is 0. The molecule has 0 saturated heterocycles. The van der Waals surface area contributed by atoms with Gasteiger partial charge in [-0.2, -0.15) is 0 Å². The number of nitrogen functional groups attached to an aromatic ring is 1. The Morgan fingerprint density at radius 3 is 1.17 bits per heavy atom. The number of nitrogens with two attached hydrogens (primary N) is 1. The zero-order valence-electron chi connectivity index (χ0n) is 39.2. The highest BCUT2D eigenvalue weighted by Crippen LogP contribution is 2.10. The molecule has 0 amide bonds. The van der Waals surface area contributed by atoms with E-state index in [1.165, 1.54) is 83.6 Å². The van der Waals surface area contributed by atoms with Crippen molar-refractivity contribution in [2.24, 2.45) is 0 Å². The van der Waals surface area contributed by atoms with Gasteiger partial charge in [0.25, 0.3) is 16.7 Å². The van der Waals surface area contributed by atoms with Gasteiger partial charge in [-0.3, -0.25) is 37.2 Å². The third-order valence-corrected chi connectivity index (χ3v) is 9.86. The number of aromatic nitrogens is 6. The molecule has 3 heterocycles. The molecule has 0 bridgehead atoms. The van der Waals surface area contributed by atoms with Crippen LogP contribution in [-0.2, 0) is 29.1 Å². The summed E-state index contributed by atoms with van der Waals surface area (Å²) >= 11 is 0. The van der Waals surface area contributed by atoms with E-state index in [0.717, 1.165) is 59.5 Å². The number of carboxylic acids is 1. The van der Waals surface area contributed by atoms with Crippen molar-refractivity contribution in [3.8, 4) is 17.1 Å². The van der Waals surface area contributed by atoms with Gasteiger partial charge in [0.1, 0.15) is 40.0 Å². The van der Waals surface area contributed by atoms with Crippen molar-refractivity contribution in [2.45, 2.75) is 54.3 Å². The van der Waals surface area contributed by atoms with Gasteiger partial charge < -0.3 is 20.3 Å². The molecule has 7 rings (SSSR count). The molecular formula is C49H47F4N7O12. The second kappa shape index (κ2) is 25.5. The molecule has 3 aromatic heterocycles. The largest absolute Gasteiger partial charge is 0.477 e. The van der Waals surface area contributed by atoms with Crippen LogP contribution >= 0.6 is 0 Å². The zero-order valence-corrected chi connectivity index (χ0v) is 39.2. The van der Waals surface area contributed by atoms with Gasteiger partial charge >= 0.3 is 35.0 Å². The van der Waals surface area contributed by atoms with Gasteiger partial charge in [-0.05, 0) is 132 Å². The number of hydrogen-bond acceptors (Lipinski definition) is 12. The first-order chi connectivity index (χ1) is 34.2. The summed E-state index contributed by atoms with van der Waals surface area (Å²) in [4.78, 5) is 108. The smallest absolute Gasteiger partial charge is 0.345 e. The fraction of sp³-hybridized carbons (Fsp3) is 0.204. The van der Waals surface area contributed by atoms with Crippen molar-refractivity contribution in [3.63, 3.8) is 0 Å². The Balaban J connectivity index is 0.000000217. The molecule has 19 nitrogen and oxygen atoms in total. The molecule has 7 aromatic rings. The normalized spacial score (nSPS) is 10.3. The number of aryl methyl sites for hydroxylation is 1. The highest BCUT2D eigenvalue weighted by atomic mass is 19.1. The minimum Gasteiger partial charge on any atom is -0.477 e. The average molecular weight is 1000 g/mol. The van der Waals surface area contributed by atoms with Crippen molar-refractivity contribution in [2.75, 3.05) is 18.9 Å². The predicted molar refractivity (Wildman–Crippen MR) is 255 cm³/mol. The number of nitrogens with zero attached hydrogens (tertiary/aromatic N) is 6. The number of carbonyl (C=O) groups is 3. The number of halogens is 4.